The van der Waals surface area contributed by atoms with Crippen molar-refractivity contribution in [3.63, 3.8) is 0 Å². The van der Waals surface area contributed by atoms with Gasteiger partial charge in [0.15, 0.2) is 5.82 Å². The summed E-state index contributed by atoms with van der Waals surface area (Å²) in [6, 6.07) is 0. The van der Waals surface area contributed by atoms with E-state index in [-0.39, 0.29) is 0 Å². The van der Waals surface area contributed by atoms with Crippen molar-refractivity contribution in [3.8, 4) is 0 Å². The first-order chi connectivity index (χ1) is 8.17. The zero-order valence-corrected chi connectivity index (χ0v) is 10.7. The predicted octanol–water partition coefficient (Wildman–Crippen LogP) is 0.871. The summed E-state index contributed by atoms with van der Waals surface area (Å²) in [6.07, 6.45) is 3.33. The first kappa shape index (κ1) is 13.7. The molecule has 0 fully saturated rings. The third-order valence-electron chi connectivity index (χ3n) is 2.24. The molecule has 1 aromatic rings. The van der Waals surface area contributed by atoms with Crippen LogP contribution in [0.25, 0.3) is 0 Å². The number of nitrogens with two attached hydrogens (primary N) is 1. The fourth-order valence-corrected chi connectivity index (χ4v) is 1.52. The second kappa shape index (κ2) is 7.03. The fourth-order valence-electron chi connectivity index (χ4n) is 1.52. The van der Waals surface area contributed by atoms with Crippen molar-refractivity contribution in [3.05, 3.63) is 12.4 Å². The van der Waals surface area contributed by atoms with Crippen LogP contribution in [0.2, 0.25) is 0 Å². The van der Waals surface area contributed by atoms with E-state index in [1.807, 2.05) is 0 Å². The number of hydrogen-bond donors (Lipinski definition) is 2. The average Bonchev–Trinajstić information content (AvgIpc) is 2.34. The van der Waals surface area contributed by atoms with Crippen molar-refractivity contribution in [1.29, 1.82) is 0 Å². The SMILES string of the molecule is COCCN(CC(C)C)c1cncc(NN)n1. The molecule has 0 aliphatic carbocycles. The normalized spacial score (nSPS) is 10.6. The zero-order chi connectivity index (χ0) is 12.7. The lowest BCUT2D eigenvalue weighted by Crippen LogP contribution is -2.32. The number of rotatable bonds is 7. The smallest absolute Gasteiger partial charge is 0.160 e. The van der Waals surface area contributed by atoms with Gasteiger partial charge in [-0.15, -0.1) is 0 Å². The molecule has 3 N–H and O–H groups in total. The Labute approximate surface area is 102 Å². The third-order valence-corrected chi connectivity index (χ3v) is 2.24. The summed E-state index contributed by atoms with van der Waals surface area (Å²) in [5.41, 5.74) is 2.50. The largest absolute Gasteiger partial charge is 0.383 e. The summed E-state index contributed by atoms with van der Waals surface area (Å²) >= 11 is 0. The Kier molecular flexibility index (Phi) is 5.65. The van der Waals surface area contributed by atoms with E-state index in [0.29, 0.717) is 18.3 Å². The number of nitrogens with one attached hydrogen (secondary N) is 1. The van der Waals surface area contributed by atoms with E-state index in [0.717, 1.165) is 18.9 Å². The van der Waals surface area contributed by atoms with E-state index in [2.05, 4.69) is 34.1 Å². The molecule has 0 atom stereocenters. The Morgan fingerprint density at radius 3 is 2.82 bits per heavy atom. The van der Waals surface area contributed by atoms with Gasteiger partial charge in [0, 0.05) is 20.2 Å². The Morgan fingerprint density at radius 2 is 2.24 bits per heavy atom. The molecule has 17 heavy (non-hydrogen) atoms. The lowest BCUT2D eigenvalue weighted by molar-refractivity contribution is 0.204. The molecule has 1 aromatic heterocycles. The van der Waals surface area contributed by atoms with E-state index in [4.69, 9.17) is 10.6 Å². The van der Waals surface area contributed by atoms with Gasteiger partial charge in [0.05, 0.1) is 19.0 Å². The molecule has 1 heterocycles. The number of anilines is 2. The molecule has 96 valence electrons. The molecular weight excluding hydrogens is 218 g/mol. The van der Waals surface area contributed by atoms with Crippen LogP contribution < -0.4 is 16.2 Å². The quantitative estimate of drug-likeness (QED) is 0.543. The highest BCUT2D eigenvalue weighted by atomic mass is 16.5. The Bertz CT molecular complexity index is 331. The van der Waals surface area contributed by atoms with Crippen LogP contribution in [0.3, 0.4) is 0 Å². The average molecular weight is 239 g/mol. The number of hydrazine groups is 1. The van der Waals surface area contributed by atoms with Crippen molar-refractivity contribution in [2.75, 3.05) is 37.1 Å². The highest BCUT2D eigenvalue weighted by molar-refractivity contribution is 5.43. The van der Waals surface area contributed by atoms with Crippen molar-refractivity contribution in [1.82, 2.24) is 9.97 Å². The molecule has 0 radical (unpaired) electrons. The molecule has 1 rings (SSSR count). The predicted molar refractivity (Wildman–Crippen MR) is 68.8 cm³/mol. The van der Waals surface area contributed by atoms with Crippen molar-refractivity contribution < 1.29 is 4.74 Å². The summed E-state index contributed by atoms with van der Waals surface area (Å²) in [6.45, 7) is 6.69. The summed E-state index contributed by atoms with van der Waals surface area (Å²) < 4.78 is 5.10. The molecule has 0 amide bonds. The monoisotopic (exact) mass is 239 g/mol. The number of ether oxygens (including phenoxy) is 1. The van der Waals surface area contributed by atoms with Gasteiger partial charge in [-0.1, -0.05) is 13.8 Å². The van der Waals surface area contributed by atoms with E-state index < -0.39 is 0 Å². The second-order valence-corrected chi connectivity index (χ2v) is 4.24. The van der Waals surface area contributed by atoms with Crippen molar-refractivity contribution >= 4 is 11.6 Å². The van der Waals surface area contributed by atoms with E-state index >= 15 is 0 Å². The number of aromatic nitrogens is 2. The van der Waals surface area contributed by atoms with Gasteiger partial charge in [-0.05, 0) is 5.92 Å². The molecular formula is C11H21N5O. The highest BCUT2D eigenvalue weighted by Gasteiger charge is 2.10. The standard InChI is InChI=1S/C11H21N5O/c1-9(2)8-16(4-5-17-3)11-7-13-6-10(14-11)15-12/h6-7,9H,4-5,8,12H2,1-3H3,(H,14,15). The van der Waals surface area contributed by atoms with Gasteiger partial charge in [-0.25, -0.2) is 10.8 Å². The van der Waals surface area contributed by atoms with Crippen LogP contribution in [0.15, 0.2) is 12.4 Å². The molecule has 0 unspecified atom stereocenters. The number of methoxy groups -OCH3 is 1. The van der Waals surface area contributed by atoms with Crippen LogP contribution in [0.5, 0.6) is 0 Å². The molecule has 0 bridgehead atoms. The Hall–Kier alpha value is -1.40. The van der Waals surface area contributed by atoms with Crippen LogP contribution in [0.4, 0.5) is 11.6 Å². The van der Waals surface area contributed by atoms with Crippen LogP contribution >= 0.6 is 0 Å². The number of hydrogen-bond acceptors (Lipinski definition) is 6. The minimum Gasteiger partial charge on any atom is -0.383 e. The molecule has 6 nitrogen and oxygen atoms in total. The maximum Gasteiger partial charge on any atom is 0.160 e. The summed E-state index contributed by atoms with van der Waals surface area (Å²) in [5, 5.41) is 0. The molecule has 0 aliphatic rings. The third kappa shape index (κ3) is 4.54. The summed E-state index contributed by atoms with van der Waals surface area (Å²) in [7, 11) is 1.69. The van der Waals surface area contributed by atoms with Crippen molar-refractivity contribution in [2.24, 2.45) is 11.8 Å². The summed E-state index contributed by atoms with van der Waals surface area (Å²) in [4.78, 5) is 10.6. The van der Waals surface area contributed by atoms with E-state index in [9.17, 15) is 0 Å². The molecule has 0 aromatic carbocycles. The van der Waals surface area contributed by atoms with Gasteiger partial charge >= 0.3 is 0 Å². The van der Waals surface area contributed by atoms with Gasteiger partial charge in [0.25, 0.3) is 0 Å². The minimum atomic E-state index is 0.545. The Morgan fingerprint density at radius 1 is 1.47 bits per heavy atom. The molecule has 0 saturated heterocycles. The fraction of sp³-hybridized carbons (Fsp3) is 0.636. The van der Waals surface area contributed by atoms with Gasteiger partial charge in [-0.2, -0.15) is 0 Å². The van der Waals surface area contributed by atoms with Gasteiger partial charge in [0.1, 0.15) is 5.82 Å². The van der Waals surface area contributed by atoms with Crippen LogP contribution in [-0.4, -0.2) is 36.8 Å². The maximum absolute atomic E-state index is 5.32. The lowest BCUT2D eigenvalue weighted by Gasteiger charge is -2.25. The Balaban J connectivity index is 2.78. The second-order valence-electron chi connectivity index (χ2n) is 4.24. The highest BCUT2D eigenvalue weighted by Crippen LogP contribution is 2.13. The zero-order valence-electron chi connectivity index (χ0n) is 10.7. The van der Waals surface area contributed by atoms with Gasteiger partial charge in [0.2, 0.25) is 0 Å². The van der Waals surface area contributed by atoms with Gasteiger partial charge < -0.3 is 15.1 Å². The van der Waals surface area contributed by atoms with Crippen LogP contribution in [-0.2, 0) is 4.74 Å². The lowest BCUT2D eigenvalue weighted by atomic mass is 10.2. The van der Waals surface area contributed by atoms with E-state index in [1.54, 1.807) is 19.5 Å². The first-order valence-corrected chi connectivity index (χ1v) is 5.70. The van der Waals surface area contributed by atoms with E-state index in [1.165, 1.54) is 0 Å². The van der Waals surface area contributed by atoms with Crippen LogP contribution in [0, 0.1) is 5.92 Å². The first-order valence-electron chi connectivity index (χ1n) is 5.70. The van der Waals surface area contributed by atoms with Crippen molar-refractivity contribution in [2.45, 2.75) is 13.8 Å². The molecule has 0 spiro atoms. The van der Waals surface area contributed by atoms with Crippen LogP contribution in [0.1, 0.15) is 13.8 Å². The molecule has 0 saturated carbocycles. The maximum atomic E-state index is 5.32. The topological polar surface area (TPSA) is 76.3 Å². The molecule has 6 heteroatoms. The van der Waals surface area contributed by atoms with Gasteiger partial charge in [-0.3, -0.25) is 4.98 Å². The molecule has 0 aliphatic heterocycles. The number of nitrogens with zero attached hydrogens (tertiary/aromatic N) is 3. The summed E-state index contributed by atoms with van der Waals surface area (Å²) in [5.74, 6) is 7.24. The minimum absolute atomic E-state index is 0.545. The number of nitrogen functional groups attached to an aromatic ring is 1.